The van der Waals surface area contributed by atoms with Gasteiger partial charge in [-0.3, -0.25) is 24.0 Å². The van der Waals surface area contributed by atoms with Gasteiger partial charge in [0.25, 0.3) is 0 Å². The number of Topliss-reactive ketones (excluding diaryl/α,β-unsaturated/α-hetero) is 1. The Kier molecular flexibility index (Phi) is 11.0. The molecule has 0 aliphatic heterocycles. The fourth-order valence-electron chi connectivity index (χ4n) is 9.06. The molecule has 9 unspecified atom stereocenters. The summed E-state index contributed by atoms with van der Waals surface area (Å²) in [7, 11) is 0. The first kappa shape index (κ1) is 35.3. The van der Waals surface area contributed by atoms with Gasteiger partial charge in [-0.1, -0.05) is 60.0 Å². The van der Waals surface area contributed by atoms with Crippen LogP contribution in [0.25, 0.3) is 0 Å². The number of ether oxygens (including phenoxy) is 3. The van der Waals surface area contributed by atoms with E-state index in [1.54, 1.807) is 13.0 Å². The molecule has 0 bridgehead atoms. The fraction of sp³-hybridized carbons (Fsp3) is 0.806. The Hall–Kier alpha value is -2.55. The van der Waals surface area contributed by atoms with Gasteiger partial charge in [-0.05, 0) is 80.1 Å². The number of carbonyl (C=O) groups is 5. The lowest BCUT2D eigenvalue weighted by molar-refractivity contribution is -0.203. The summed E-state index contributed by atoms with van der Waals surface area (Å²) in [6, 6.07) is 0. The Balaban J connectivity index is 1.53. The highest BCUT2D eigenvalue weighted by Gasteiger charge is 2.70. The number of allylic oxidation sites excluding steroid dienone is 1. The van der Waals surface area contributed by atoms with E-state index < -0.39 is 53.3 Å². The minimum Gasteiger partial charge on any atom is -0.465 e. The Labute approximate surface area is 268 Å². The highest BCUT2D eigenvalue weighted by molar-refractivity contribution is 5.94. The third kappa shape index (κ3) is 6.79. The van der Waals surface area contributed by atoms with Crippen LogP contribution in [0.3, 0.4) is 0 Å². The Morgan fingerprint density at radius 2 is 1.76 bits per heavy atom. The zero-order chi connectivity index (χ0) is 33.2. The van der Waals surface area contributed by atoms with Crippen molar-refractivity contribution >= 4 is 29.5 Å². The minimum absolute atomic E-state index is 0.0147. The summed E-state index contributed by atoms with van der Waals surface area (Å²) in [6.07, 6.45) is 7.25. The van der Waals surface area contributed by atoms with E-state index in [9.17, 15) is 29.1 Å². The number of esters is 3. The third-order valence-corrected chi connectivity index (χ3v) is 11.9. The SMILES string of the molecule is CCCCC(=O)OC1(C(=O)COC(=O)CC(C)C(=O)OCC(C)CC)CCC2C3CCC4=CC(=O)CCC4(C)C3C(O)CC21C. The number of fused-ring (bicyclic) bond motifs is 5. The number of aliphatic hydroxyl groups is 1. The summed E-state index contributed by atoms with van der Waals surface area (Å²) in [5.41, 5.74) is -1.55. The molecule has 1 N–H and O–H groups in total. The van der Waals surface area contributed by atoms with Gasteiger partial charge in [0.2, 0.25) is 5.78 Å². The summed E-state index contributed by atoms with van der Waals surface area (Å²) < 4.78 is 17.0. The van der Waals surface area contributed by atoms with Gasteiger partial charge in [0, 0.05) is 18.3 Å². The molecule has 0 spiro atoms. The second-order valence-electron chi connectivity index (χ2n) is 14.9. The second kappa shape index (κ2) is 14.1. The average Bonchev–Trinajstić information content (AvgIpc) is 3.29. The quantitative estimate of drug-likeness (QED) is 0.201. The van der Waals surface area contributed by atoms with Crippen molar-refractivity contribution in [2.45, 2.75) is 130 Å². The lowest BCUT2D eigenvalue weighted by atomic mass is 9.45. The molecule has 0 radical (unpaired) electrons. The molecule has 9 heteroatoms. The molecule has 0 aromatic rings. The molecule has 0 heterocycles. The lowest BCUT2D eigenvalue weighted by Crippen LogP contribution is -2.63. The molecule has 9 nitrogen and oxygen atoms in total. The maximum Gasteiger partial charge on any atom is 0.309 e. The van der Waals surface area contributed by atoms with Crippen LogP contribution in [0.15, 0.2) is 11.6 Å². The van der Waals surface area contributed by atoms with E-state index in [0.717, 1.165) is 31.3 Å². The molecular formula is C36H54O9. The molecule has 0 amide bonds. The standard InChI is InChI=1S/C36H54O9/c1-7-9-10-30(40)45-36(29(39)21-43-31(41)17-23(4)33(42)44-20-22(3)8-2)16-14-27-26-12-11-24-18-25(37)13-15-34(24,5)32(26)28(38)19-35(27,36)6/h18,22-23,26-28,32,38H,7-17,19-21H2,1-6H3. The second-order valence-corrected chi connectivity index (χ2v) is 14.9. The van der Waals surface area contributed by atoms with Gasteiger partial charge in [-0.2, -0.15) is 0 Å². The van der Waals surface area contributed by atoms with Crippen molar-refractivity contribution < 1.29 is 43.3 Å². The first-order chi connectivity index (χ1) is 21.2. The number of hydrogen-bond acceptors (Lipinski definition) is 9. The smallest absolute Gasteiger partial charge is 0.309 e. The first-order valence-electron chi connectivity index (χ1n) is 17.2. The van der Waals surface area contributed by atoms with Crippen LogP contribution in [0.2, 0.25) is 0 Å². The highest BCUT2D eigenvalue weighted by Crippen LogP contribution is 2.68. The van der Waals surface area contributed by atoms with Crippen molar-refractivity contribution in [3.05, 3.63) is 11.6 Å². The van der Waals surface area contributed by atoms with Gasteiger partial charge in [-0.15, -0.1) is 0 Å². The van der Waals surface area contributed by atoms with E-state index in [-0.39, 0.29) is 60.7 Å². The Morgan fingerprint density at radius 1 is 1.02 bits per heavy atom. The minimum atomic E-state index is -1.53. The lowest BCUT2D eigenvalue weighted by Gasteiger charge is -2.60. The summed E-state index contributed by atoms with van der Waals surface area (Å²) in [5.74, 6) is -2.42. The predicted molar refractivity (Wildman–Crippen MR) is 167 cm³/mol. The van der Waals surface area contributed by atoms with Crippen LogP contribution in [-0.2, 0) is 38.2 Å². The van der Waals surface area contributed by atoms with Gasteiger partial charge in [0.05, 0.1) is 25.0 Å². The molecule has 0 saturated heterocycles. The van der Waals surface area contributed by atoms with E-state index in [1.807, 2.05) is 27.7 Å². The summed E-state index contributed by atoms with van der Waals surface area (Å²) >= 11 is 0. The van der Waals surface area contributed by atoms with Crippen molar-refractivity contribution in [1.29, 1.82) is 0 Å². The van der Waals surface area contributed by atoms with E-state index in [0.29, 0.717) is 32.1 Å². The molecule has 9 atom stereocenters. The van der Waals surface area contributed by atoms with Crippen LogP contribution in [0.4, 0.5) is 0 Å². The van der Waals surface area contributed by atoms with E-state index >= 15 is 0 Å². The maximum absolute atomic E-state index is 14.2. The molecule has 4 aliphatic carbocycles. The Bertz CT molecular complexity index is 1190. The van der Waals surface area contributed by atoms with Crippen LogP contribution >= 0.6 is 0 Å². The van der Waals surface area contributed by atoms with E-state index in [4.69, 9.17) is 14.2 Å². The molecule has 252 valence electrons. The third-order valence-electron chi connectivity index (χ3n) is 11.9. The fourth-order valence-corrected chi connectivity index (χ4v) is 9.06. The average molecular weight is 631 g/mol. The number of carbonyl (C=O) groups excluding carboxylic acids is 5. The van der Waals surface area contributed by atoms with Crippen molar-refractivity contribution in [3.8, 4) is 0 Å². The van der Waals surface area contributed by atoms with Crippen molar-refractivity contribution in [3.63, 3.8) is 0 Å². The summed E-state index contributed by atoms with van der Waals surface area (Å²) in [6.45, 7) is 11.4. The van der Waals surface area contributed by atoms with E-state index in [1.165, 1.54) is 0 Å². The zero-order valence-electron chi connectivity index (χ0n) is 28.2. The highest BCUT2D eigenvalue weighted by atomic mass is 16.6. The summed E-state index contributed by atoms with van der Waals surface area (Å²) in [5, 5.41) is 11.8. The van der Waals surface area contributed by atoms with Crippen LogP contribution in [0.1, 0.15) is 119 Å². The van der Waals surface area contributed by atoms with Gasteiger partial charge in [0.1, 0.15) is 0 Å². The molecule has 4 rings (SSSR count). The number of unbranched alkanes of at least 4 members (excludes halogenated alkanes) is 1. The molecule has 3 fully saturated rings. The van der Waals surface area contributed by atoms with Crippen molar-refractivity contribution in [1.82, 2.24) is 0 Å². The van der Waals surface area contributed by atoms with Gasteiger partial charge < -0.3 is 19.3 Å². The van der Waals surface area contributed by atoms with Crippen molar-refractivity contribution in [2.75, 3.05) is 13.2 Å². The van der Waals surface area contributed by atoms with Gasteiger partial charge >= 0.3 is 17.9 Å². The number of rotatable bonds is 13. The van der Waals surface area contributed by atoms with Crippen molar-refractivity contribution in [2.24, 2.45) is 40.4 Å². The normalized spacial score (nSPS) is 35.2. The van der Waals surface area contributed by atoms with Gasteiger partial charge in [-0.25, -0.2) is 0 Å². The summed E-state index contributed by atoms with van der Waals surface area (Å²) in [4.78, 5) is 64.8. The largest absolute Gasteiger partial charge is 0.465 e. The zero-order valence-corrected chi connectivity index (χ0v) is 28.2. The van der Waals surface area contributed by atoms with Crippen LogP contribution < -0.4 is 0 Å². The topological polar surface area (TPSA) is 133 Å². The van der Waals surface area contributed by atoms with Crippen LogP contribution in [0.5, 0.6) is 0 Å². The van der Waals surface area contributed by atoms with Gasteiger partial charge in [0.15, 0.2) is 18.0 Å². The first-order valence-corrected chi connectivity index (χ1v) is 17.2. The predicted octanol–water partition coefficient (Wildman–Crippen LogP) is 5.69. The molecule has 45 heavy (non-hydrogen) atoms. The molecular weight excluding hydrogens is 576 g/mol. The van der Waals surface area contributed by atoms with Crippen LogP contribution in [0, 0.1) is 40.4 Å². The maximum atomic E-state index is 14.2. The number of hydrogen-bond donors (Lipinski definition) is 1. The van der Waals surface area contributed by atoms with Crippen LogP contribution in [-0.4, -0.2) is 59.5 Å². The number of aliphatic hydroxyl groups excluding tert-OH is 1. The monoisotopic (exact) mass is 630 g/mol. The molecule has 0 aromatic heterocycles. The molecule has 3 saturated carbocycles. The Morgan fingerprint density at radius 3 is 2.44 bits per heavy atom. The molecule has 4 aliphatic rings. The number of ketones is 2. The van der Waals surface area contributed by atoms with E-state index in [2.05, 4.69) is 6.92 Å². The molecule has 0 aromatic carbocycles.